The van der Waals surface area contributed by atoms with Crippen molar-refractivity contribution in [2.45, 2.75) is 25.8 Å². The van der Waals surface area contributed by atoms with Crippen molar-refractivity contribution < 1.29 is 9.21 Å². The van der Waals surface area contributed by atoms with Gasteiger partial charge in [-0.05, 0) is 38.9 Å². The molecule has 1 aliphatic rings. The van der Waals surface area contributed by atoms with Crippen LogP contribution < -0.4 is 10.6 Å². The minimum atomic E-state index is -0.141. The van der Waals surface area contributed by atoms with Gasteiger partial charge >= 0.3 is 0 Å². The van der Waals surface area contributed by atoms with E-state index in [9.17, 15) is 4.79 Å². The smallest absolute Gasteiger partial charge is 0.287 e. The van der Waals surface area contributed by atoms with Crippen molar-refractivity contribution in [1.82, 2.24) is 10.6 Å². The fourth-order valence-corrected chi connectivity index (χ4v) is 1.82. The molecular weight excluding hydrogens is 192 g/mol. The molecule has 1 fully saturated rings. The number of hydrogen-bond acceptors (Lipinski definition) is 3. The van der Waals surface area contributed by atoms with E-state index in [1.807, 2.05) is 13.8 Å². The number of aryl methyl sites for hydroxylation is 1. The lowest BCUT2D eigenvalue weighted by Crippen LogP contribution is -2.47. The maximum Gasteiger partial charge on any atom is 0.287 e. The molecular formula is C11H16N2O2. The van der Waals surface area contributed by atoms with Crippen molar-refractivity contribution in [3.63, 3.8) is 0 Å². The van der Waals surface area contributed by atoms with E-state index in [-0.39, 0.29) is 11.4 Å². The predicted molar refractivity (Wildman–Crippen MR) is 56.8 cm³/mol. The molecule has 0 aromatic carbocycles. The van der Waals surface area contributed by atoms with Gasteiger partial charge < -0.3 is 15.1 Å². The first-order valence-corrected chi connectivity index (χ1v) is 5.19. The summed E-state index contributed by atoms with van der Waals surface area (Å²) in [4.78, 5) is 11.8. The van der Waals surface area contributed by atoms with Crippen LogP contribution in [0.5, 0.6) is 0 Å². The average molecular weight is 208 g/mol. The molecule has 1 aromatic heterocycles. The molecule has 0 saturated carbocycles. The van der Waals surface area contributed by atoms with Crippen molar-refractivity contribution in [1.29, 1.82) is 0 Å². The third kappa shape index (κ3) is 2.21. The second-order valence-electron chi connectivity index (χ2n) is 4.35. The van der Waals surface area contributed by atoms with Gasteiger partial charge in [0.05, 0.1) is 5.54 Å². The fraction of sp³-hybridized carbons (Fsp3) is 0.545. The van der Waals surface area contributed by atoms with Gasteiger partial charge in [0.1, 0.15) is 5.76 Å². The summed E-state index contributed by atoms with van der Waals surface area (Å²) >= 11 is 0. The van der Waals surface area contributed by atoms with Gasteiger partial charge in [-0.1, -0.05) is 0 Å². The molecule has 4 nitrogen and oxygen atoms in total. The maximum absolute atomic E-state index is 11.8. The van der Waals surface area contributed by atoms with Crippen molar-refractivity contribution >= 4 is 5.91 Å². The monoisotopic (exact) mass is 208 g/mol. The molecule has 1 aliphatic heterocycles. The molecule has 2 N–H and O–H groups in total. The number of carbonyl (C=O) groups is 1. The normalized spacial score (nSPS) is 25.5. The fourth-order valence-electron chi connectivity index (χ4n) is 1.82. The van der Waals surface area contributed by atoms with E-state index < -0.39 is 0 Å². The molecule has 0 radical (unpaired) electrons. The summed E-state index contributed by atoms with van der Waals surface area (Å²) in [5.74, 6) is 1.02. The Morgan fingerprint density at radius 1 is 1.60 bits per heavy atom. The number of carbonyl (C=O) groups excluding carboxylic acids is 1. The molecule has 82 valence electrons. The second kappa shape index (κ2) is 3.70. The molecule has 0 spiro atoms. The van der Waals surface area contributed by atoms with Gasteiger partial charge in [-0.3, -0.25) is 4.79 Å². The van der Waals surface area contributed by atoms with Crippen LogP contribution in [0.2, 0.25) is 0 Å². The van der Waals surface area contributed by atoms with Crippen LogP contribution in [0.15, 0.2) is 16.5 Å². The van der Waals surface area contributed by atoms with Gasteiger partial charge in [-0.25, -0.2) is 0 Å². The van der Waals surface area contributed by atoms with Gasteiger partial charge in [-0.2, -0.15) is 0 Å². The van der Waals surface area contributed by atoms with Gasteiger partial charge in [0.2, 0.25) is 0 Å². The average Bonchev–Trinajstić information content (AvgIpc) is 2.75. The zero-order valence-electron chi connectivity index (χ0n) is 9.09. The summed E-state index contributed by atoms with van der Waals surface area (Å²) in [7, 11) is 0. The highest BCUT2D eigenvalue weighted by molar-refractivity contribution is 5.92. The number of nitrogens with one attached hydrogen (secondary N) is 2. The first kappa shape index (κ1) is 10.2. The van der Waals surface area contributed by atoms with E-state index >= 15 is 0 Å². The Hall–Kier alpha value is -1.29. The third-order valence-electron chi connectivity index (χ3n) is 2.75. The summed E-state index contributed by atoms with van der Waals surface area (Å²) < 4.78 is 5.27. The first-order chi connectivity index (χ1) is 7.09. The molecule has 0 aliphatic carbocycles. The van der Waals surface area contributed by atoms with E-state index in [4.69, 9.17) is 4.42 Å². The number of rotatable bonds is 2. The Balaban J connectivity index is 2.03. The zero-order chi connectivity index (χ0) is 10.9. The van der Waals surface area contributed by atoms with Crippen LogP contribution in [0.25, 0.3) is 0 Å². The SMILES string of the molecule is Cc1ccc(C(=O)NC2(C)CCNC2)o1. The molecule has 15 heavy (non-hydrogen) atoms. The van der Waals surface area contributed by atoms with Crippen LogP contribution in [0.3, 0.4) is 0 Å². The Morgan fingerprint density at radius 2 is 2.40 bits per heavy atom. The van der Waals surface area contributed by atoms with Gasteiger partial charge in [0, 0.05) is 6.54 Å². The molecule has 4 heteroatoms. The Kier molecular flexibility index (Phi) is 2.52. The molecule has 1 aromatic rings. The topological polar surface area (TPSA) is 54.3 Å². The third-order valence-corrected chi connectivity index (χ3v) is 2.75. The molecule has 2 heterocycles. The van der Waals surface area contributed by atoms with Crippen molar-refractivity contribution in [2.24, 2.45) is 0 Å². The molecule has 2 rings (SSSR count). The van der Waals surface area contributed by atoms with E-state index in [0.29, 0.717) is 5.76 Å². The van der Waals surface area contributed by atoms with E-state index in [1.54, 1.807) is 12.1 Å². The van der Waals surface area contributed by atoms with E-state index in [0.717, 1.165) is 25.3 Å². The summed E-state index contributed by atoms with van der Waals surface area (Å²) in [6.07, 6.45) is 0.957. The Morgan fingerprint density at radius 3 is 2.93 bits per heavy atom. The summed E-state index contributed by atoms with van der Waals surface area (Å²) in [5, 5.41) is 6.22. The Labute approximate surface area is 89.0 Å². The highest BCUT2D eigenvalue weighted by atomic mass is 16.3. The van der Waals surface area contributed by atoms with Crippen LogP contribution >= 0.6 is 0 Å². The maximum atomic E-state index is 11.8. The number of hydrogen-bond donors (Lipinski definition) is 2. The lowest BCUT2D eigenvalue weighted by molar-refractivity contribution is 0.0883. The highest BCUT2D eigenvalue weighted by Gasteiger charge is 2.30. The van der Waals surface area contributed by atoms with E-state index in [1.165, 1.54) is 0 Å². The quantitative estimate of drug-likeness (QED) is 0.764. The number of amides is 1. The standard InChI is InChI=1S/C11H16N2O2/c1-8-3-4-9(15-8)10(14)13-11(2)5-6-12-7-11/h3-4,12H,5-7H2,1-2H3,(H,13,14). The zero-order valence-corrected chi connectivity index (χ0v) is 9.09. The minimum Gasteiger partial charge on any atom is -0.456 e. The van der Waals surface area contributed by atoms with E-state index in [2.05, 4.69) is 10.6 Å². The van der Waals surface area contributed by atoms with Crippen molar-refractivity contribution in [3.05, 3.63) is 23.7 Å². The van der Waals surface area contributed by atoms with Crippen molar-refractivity contribution in [3.8, 4) is 0 Å². The van der Waals surface area contributed by atoms with Crippen molar-refractivity contribution in [2.75, 3.05) is 13.1 Å². The molecule has 1 unspecified atom stereocenters. The Bertz CT molecular complexity index is 364. The molecule has 1 atom stereocenters. The molecule has 1 saturated heterocycles. The second-order valence-corrected chi connectivity index (χ2v) is 4.35. The minimum absolute atomic E-state index is 0.130. The lowest BCUT2D eigenvalue weighted by atomic mass is 10.0. The van der Waals surface area contributed by atoms with Crippen LogP contribution in [0.1, 0.15) is 29.7 Å². The van der Waals surface area contributed by atoms with Crippen LogP contribution in [0, 0.1) is 6.92 Å². The number of furan rings is 1. The molecule has 1 amide bonds. The molecule has 0 bridgehead atoms. The lowest BCUT2D eigenvalue weighted by Gasteiger charge is -2.23. The first-order valence-electron chi connectivity index (χ1n) is 5.19. The largest absolute Gasteiger partial charge is 0.456 e. The van der Waals surface area contributed by atoms with Crippen LogP contribution in [0.4, 0.5) is 0 Å². The van der Waals surface area contributed by atoms with Crippen LogP contribution in [-0.2, 0) is 0 Å². The van der Waals surface area contributed by atoms with Crippen LogP contribution in [-0.4, -0.2) is 24.5 Å². The van der Waals surface area contributed by atoms with Gasteiger partial charge in [-0.15, -0.1) is 0 Å². The summed E-state index contributed by atoms with van der Waals surface area (Å²) in [6, 6.07) is 3.50. The summed E-state index contributed by atoms with van der Waals surface area (Å²) in [5.41, 5.74) is -0.141. The van der Waals surface area contributed by atoms with Gasteiger partial charge in [0.15, 0.2) is 5.76 Å². The van der Waals surface area contributed by atoms with Gasteiger partial charge in [0.25, 0.3) is 5.91 Å². The summed E-state index contributed by atoms with van der Waals surface area (Å²) in [6.45, 7) is 5.64. The predicted octanol–water partition coefficient (Wildman–Crippen LogP) is 1.07. The highest BCUT2D eigenvalue weighted by Crippen LogP contribution is 2.15.